The number of fused-ring (bicyclic) bond motifs is 2. The van der Waals surface area contributed by atoms with Crippen LogP contribution in [0.15, 0.2) is 122 Å². The first-order valence-corrected chi connectivity index (χ1v) is 23.1. The van der Waals surface area contributed by atoms with E-state index in [1.807, 2.05) is 129 Å². The van der Waals surface area contributed by atoms with Gasteiger partial charge in [-0.3, -0.25) is 39.2 Å². The number of hydrogen-bond donors (Lipinski definition) is 6. The van der Waals surface area contributed by atoms with Gasteiger partial charge in [-0.05, 0) is 79.5 Å². The lowest BCUT2D eigenvalue weighted by Gasteiger charge is -2.26. The number of Topliss-reactive ketones (excluding diaryl/α,β-unsaturated/α-hetero) is 2. The molecule has 0 radical (unpaired) electrons. The fourth-order valence-corrected chi connectivity index (χ4v) is 8.27. The van der Waals surface area contributed by atoms with Gasteiger partial charge in [0.25, 0.3) is 0 Å². The lowest BCUT2D eigenvalue weighted by atomic mass is 9.89. The van der Waals surface area contributed by atoms with Crippen molar-refractivity contribution in [2.45, 2.75) is 90.5 Å². The maximum absolute atomic E-state index is 14.5. The number of aromatic nitrogens is 2. The van der Waals surface area contributed by atoms with Crippen LogP contribution in [0.3, 0.4) is 0 Å². The zero-order chi connectivity index (χ0) is 47.4. The average molecular weight is 896 g/mol. The number of carbonyl (C=O) groups is 6. The van der Waals surface area contributed by atoms with Crippen molar-refractivity contribution < 1.29 is 28.8 Å². The number of aromatic amines is 2. The van der Waals surface area contributed by atoms with Crippen LogP contribution in [-0.4, -0.2) is 69.8 Å². The van der Waals surface area contributed by atoms with Crippen LogP contribution in [0.5, 0.6) is 0 Å². The maximum Gasteiger partial charge on any atom is 0.242 e. The number of aryl methyl sites for hydroxylation is 1. The van der Waals surface area contributed by atoms with Crippen LogP contribution < -0.4 is 22.2 Å². The molecule has 0 saturated carbocycles. The minimum atomic E-state index is -1.02. The first-order valence-electron chi connectivity index (χ1n) is 23.1. The number of nitrogens with zero attached hydrogens (tertiary/aromatic N) is 1. The number of rotatable bonds is 24. The summed E-state index contributed by atoms with van der Waals surface area (Å²) in [6, 6.07) is 33.3. The van der Waals surface area contributed by atoms with Gasteiger partial charge in [-0.1, -0.05) is 117 Å². The average Bonchev–Trinajstić information content (AvgIpc) is 3.94. The summed E-state index contributed by atoms with van der Waals surface area (Å²) in [5.41, 5.74) is 19.4. The lowest BCUT2D eigenvalue weighted by Crippen LogP contribution is -2.49. The molecule has 0 spiro atoms. The highest BCUT2D eigenvalue weighted by Gasteiger charge is 2.32. The molecule has 13 nitrogen and oxygen atoms in total. The Bertz CT molecular complexity index is 2520. The molecule has 348 valence electrons. The van der Waals surface area contributed by atoms with Crippen LogP contribution >= 0.6 is 0 Å². The molecule has 4 aromatic carbocycles. The molecule has 2 aromatic heterocycles. The Morgan fingerprint density at radius 2 is 1.15 bits per heavy atom. The lowest BCUT2D eigenvalue weighted by molar-refractivity contribution is -0.144. The quantitative estimate of drug-likeness (QED) is 0.0274. The van der Waals surface area contributed by atoms with Gasteiger partial charge in [-0.25, -0.2) is 0 Å². The van der Waals surface area contributed by atoms with E-state index in [1.165, 1.54) is 7.05 Å². The molecule has 66 heavy (non-hydrogen) atoms. The third-order valence-corrected chi connectivity index (χ3v) is 12.0. The van der Waals surface area contributed by atoms with E-state index in [0.717, 1.165) is 49.1 Å². The Morgan fingerprint density at radius 3 is 1.71 bits per heavy atom. The molecule has 0 bridgehead atoms. The zero-order valence-corrected chi connectivity index (χ0v) is 38.4. The molecule has 0 fully saturated rings. The van der Waals surface area contributed by atoms with Gasteiger partial charge < -0.3 is 26.8 Å². The highest BCUT2D eigenvalue weighted by Crippen LogP contribution is 2.26. The van der Waals surface area contributed by atoms with Gasteiger partial charge in [-0.2, -0.15) is 0 Å². The van der Waals surface area contributed by atoms with Gasteiger partial charge in [0.2, 0.25) is 23.6 Å². The second kappa shape index (κ2) is 25.6. The van der Waals surface area contributed by atoms with Crippen molar-refractivity contribution in [2.75, 3.05) is 13.6 Å². The number of benzene rings is 4. The predicted octanol–water partition coefficient (Wildman–Crippen LogP) is 7.08. The van der Waals surface area contributed by atoms with E-state index in [9.17, 15) is 28.8 Å². The van der Waals surface area contributed by atoms with Crippen LogP contribution in [0, 0.1) is 17.8 Å². The van der Waals surface area contributed by atoms with Crippen molar-refractivity contribution >= 4 is 57.0 Å². The van der Waals surface area contributed by atoms with Crippen molar-refractivity contribution in [3.05, 3.63) is 144 Å². The molecule has 0 aliphatic carbocycles. The molecule has 0 unspecified atom stereocenters. The van der Waals surface area contributed by atoms with Gasteiger partial charge >= 0.3 is 0 Å². The normalized spacial score (nSPS) is 12.8. The number of carbonyl (C=O) groups excluding carboxylic acids is 6. The van der Waals surface area contributed by atoms with Crippen LogP contribution in [0.1, 0.15) is 81.0 Å². The van der Waals surface area contributed by atoms with Gasteiger partial charge in [0.15, 0.2) is 5.78 Å². The minimum Gasteiger partial charge on any atom is -0.369 e. The van der Waals surface area contributed by atoms with Gasteiger partial charge in [-0.15, -0.1) is 0 Å². The Balaban J connectivity index is 0.00000403. The van der Waals surface area contributed by atoms with Crippen molar-refractivity contribution in [3.8, 4) is 0 Å². The number of ketones is 2. The Hall–Kier alpha value is -6.86. The van der Waals surface area contributed by atoms with E-state index < -0.39 is 47.4 Å². The second-order valence-corrected chi connectivity index (χ2v) is 16.7. The van der Waals surface area contributed by atoms with Gasteiger partial charge in [0, 0.05) is 72.8 Å². The molecule has 6 aromatic rings. The molecule has 2 heterocycles. The number of para-hydroxylation sites is 2. The molecule has 0 aliphatic heterocycles. The highest BCUT2D eigenvalue weighted by atomic mass is 16.2. The fraction of sp³-hybridized carbons (Fsp3) is 0.358. The third-order valence-electron chi connectivity index (χ3n) is 12.0. The predicted molar refractivity (Wildman–Crippen MR) is 260 cm³/mol. The third kappa shape index (κ3) is 14.6. The van der Waals surface area contributed by atoms with Crippen molar-refractivity contribution in [3.63, 3.8) is 0 Å². The van der Waals surface area contributed by atoms with Crippen molar-refractivity contribution in [1.82, 2.24) is 25.7 Å². The van der Waals surface area contributed by atoms with E-state index in [2.05, 4.69) is 20.7 Å². The summed E-state index contributed by atoms with van der Waals surface area (Å²) in [4.78, 5) is 89.2. The number of amides is 4. The highest BCUT2D eigenvalue weighted by molar-refractivity contribution is 5.95. The summed E-state index contributed by atoms with van der Waals surface area (Å²) in [6.45, 7) is 4.45. The Morgan fingerprint density at radius 1 is 0.621 bits per heavy atom. The molecule has 4 amide bonds. The van der Waals surface area contributed by atoms with Crippen LogP contribution in [-0.2, 0) is 54.5 Å². The number of H-pyrrole nitrogens is 2. The molecule has 13 heteroatoms. The van der Waals surface area contributed by atoms with Crippen LogP contribution in [0.25, 0.3) is 21.8 Å². The molecular weight excluding hydrogens is 831 g/mol. The van der Waals surface area contributed by atoms with Crippen molar-refractivity contribution in [2.24, 2.45) is 29.2 Å². The number of unbranched alkanes of at least 4 members (excludes halogenated alkanes) is 1. The molecule has 4 atom stereocenters. The second-order valence-electron chi connectivity index (χ2n) is 16.7. The standard InChI is InChI=1S/C51H59N7O6.C2H6/c1-58(57-51(64)37(27-39-32-54-44-21-10-8-19-42(39)44)29-41(59)24-23-34-14-4-2-5-15-34)48(61)31-38(28-40-33-55-45-22-11-9-20-43(40)45)50(63)56-46(26-35-16-6-3-7-17-35)47(60)30-36(49(53)62)18-12-13-25-52;1-2/h2-11,14-17,19-22,32-33,36-38,46,54-55H,12-13,18,23-31,52H2,1H3,(H2,53,62)(H,56,63)(H,57,64);1-2H3/t36-,37+,38-,46-;/m1./s1. The molecule has 8 N–H and O–H groups in total. The first kappa shape index (κ1) is 50.1. The summed E-state index contributed by atoms with van der Waals surface area (Å²) in [5.74, 6) is -5.11. The fourth-order valence-electron chi connectivity index (χ4n) is 8.27. The molecule has 0 saturated heterocycles. The summed E-state index contributed by atoms with van der Waals surface area (Å²) in [7, 11) is 1.43. The molecular formula is C53H65N7O6. The number of primary amides is 1. The largest absolute Gasteiger partial charge is 0.369 e. The summed E-state index contributed by atoms with van der Waals surface area (Å²) >= 11 is 0. The first-order chi connectivity index (χ1) is 32.0. The van der Waals surface area contributed by atoms with E-state index in [4.69, 9.17) is 11.5 Å². The van der Waals surface area contributed by atoms with Gasteiger partial charge in [0.1, 0.15) is 5.78 Å². The Labute approximate surface area is 387 Å². The number of nitrogens with two attached hydrogens (primary N) is 2. The summed E-state index contributed by atoms with van der Waals surface area (Å²) in [6.07, 6.45) is 6.17. The van der Waals surface area contributed by atoms with E-state index >= 15 is 0 Å². The monoisotopic (exact) mass is 895 g/mol. The van der Waals surface area contributed by atoms with Crippen LogP contribution in [0.2, 0.25) is 0 Å². The minimum absolute atomic E-state index is 0.0355. The Kier molecular flexibility index (Phi) is 19.4. The number of hydrazine groups is 1. The summed E-state index contributed by atoms with van der Waals surface area (Å²) in [5, 5.41) is 5.86. The molecule has 6 rings (SSSR count). The van der Waals surface area contributed by atoms with Crippen LogP contribution in [0.4, 0.5) is 0 Å². The molecule has 0 aliphatic rings. The summed E-state index contributed by atoms with van der Waals surface area (Å²) < 4.78 is 0. The van der Waals surface area contributed by atoms with E-state index in [-0.39, 0.29) is 56.5 Å². The zero-order valence-electron chi connectivity index (χ0n) is 38.4. The maximum atomic E-state index is 14.5. The SMILES string of the molecule is CC.CN(NC(=O)[C@H](CC(=O)CCc1ccccc1)Cc1c[nH]c2ccccc12)C(=O)C[C@@H](Cc1c[nH]c2ccccc12)C(=O)N[C@H](Cc1ccccc1)C(=O)C[C@@H](CCCCN)C(N)=O. The van der Waals surface area contributed by atoms with Gasteiger partial charge in [0.05, 0.1) is 17.9 Å². The van der Waals surface area contributed by atoms with Crippen molar-refractivity contribution in [1.29, 1.82) is 0 Å². The van der Waals surface area contributed by atoms with E-state index in [1.54, 1.807) is 6.20 Å². The smallest absolute Gasteiger partial charge is 0.242 e. The number of hydrogen-bond acceptors (Lipinski definition) is 7. The van der Waals surface area contributed by atoms with E-state index in [0.29, 0.717) is 32.2 Å². The topological polar surface area (TPSA) is 213 Å². The number of nitrogens with one attached hydrogen (secondary N) is 4.